The summed E-state index contributed by atoms with van der Waals surface area (Å²) in [4.78, 5) is 24.7. The molecule has 2 amide bonds. The Morgan fingerprint density at radius 2 is 2.12 bits per heavy atom. The second-order valence-corrected chi connectivity index (χ2v) is 7.12. The van der Waals surface area contributed by atoms with E-state index >= 15 is 0 Å². The van der Waals surface area contributed by atoms with Crippen LogP contribution in [0.3, 0.4) is 0 Å². The predicted octanol–water partition coefficient (Wildman–Crippen LogP) is 2.35. The maximum atomic E-state index is 12.5. The van der Waals surface area contributed by atoms with E-state index < -0.39 is 0 Å². The number of nitrogens with zero attached hydrogens (tertiary/aromatic N) is 1. The summed E-state index contributed by atoms with van der Waals surface area (Å²) in [5, 5.41) is 16.2. The number of halogens is 1. The maximum absolute atomic E-state index is 12.5. The third-order valence-electron chi connectivity index (χ3n) is 4.16. The van der Waals surface area contributed by atoms with Gasteiger partial charge in [0.2, 0.25) is 0 Å². The van der Waals surface area contributed by atoms with Crippen LogP contribution in [0.1, 0.15) is 46.0 Å². The molecule has 1 aromatic heterocycles. The number of hydrogen-bond acceptors (Lipinski definition) is 4. The molecular weight excluding hydrogens is 354 g/mol. The minimum absolute atomic E-state index is 0.228. The van der Waals surface area contributed by atoms with Crippen LogP contribution in [-0.2, 0) is 13.0 Å². The number of rotatable bonds is 5. The smallest absolute Gasteiger partial charge is 0.276 e. The van der Waals surface area contributed by atoms with Gasteiger partial charge in [0.05, 0.1) is 10.6 Å². The number of hydrogen-bond donors (Lipinski definition) is 4. The van der Waals surface area contributed by atoms with E-state index in [0.717, 1.165) is 24.2 Å². The summed E-state index contributed by atoms with van der Waals surface area (Å²) in [5.41, 5.74) is 3.16. The Morgan fingerprint density at radius 3 is 2.85 bits per heavy atom. The van der Waals surface area contributed by atoms with E-state index in [9.17, 15) is 9.59 Å². The molecule has 0 atom stereocenters. The largest absolute Gasteiger partial charge is 0.352 e. The van der Waals surface area contributed by atoms with Crippen LogP contribution in [0, 0.1) is 5.92 Å². The van der Waals surface area contributed by atoms with Crippen molar-refractivity contribution >= 4 is 29.1 Å². The monoisotopic (exact) mass is 375 g/mol. The molecule has 1 aliphatic rings. The highest BCUT2D eigenvalue weighted by molar-refractivity contribution is 6.34. The number of aromatic amines is 1. The van der Waals surface area contributed by atoms with Gasteiger partial charge in [-0.15, -0.1) is 0 Å². The highest BCUT2D eigenvalue weighted by Gasteiger charge is 2.22. The molecule has 0 saturated carbocycles. The molecule has 3 rings (SSSR count). The second-order valence-electron chi connectivity index (χ2n) is 6.71. The van der Waals surface area contributed by atoms with Crippen LogP contribution in [0.25, 0.3) is 0 Å². The lowest BCUT2D eigenvalue weighted by molar-refractivity contribution is 0.0948. The number of amides is 2. The first kappa shape index (κ1) is 18.4. The van der Waals surface area contributed by atoms with Gasteiger partial charge in [-0.3, -0.25) is 14.7 Å². The number of benzene rings is 1. The van der Waals surface area contributed by atoms with Crippen molar-refractivity contribution in [3.8, 4) is 0 Å². The van der Waals surface area contributed by atoms with Gasteiger partial charge in [0.1, 0.15) is 0 Å². The van der Waals surface area contributed by atoms with E-state index in [0.29, 0.717) is 36.0 Å². The van der Waals surface area contributed by atoms with Crippen molar-refractivity contribution in [2.75, 3.05) is 18.4 Å². The number of carbonyl (C=O) groups excluding carboxylic acids is 2. The van der Waals surface area contributed by atoms with Gasteiger partial charge in [0, 0.05) is 43.0 Å². The number of nitrogens with one attached hydrogen (secondary N) is 4. The fourth-order valence-corrected chi connectivity index (χ4v) is 3.04. The van der Waals surface area contributed by atoms with E-state index in [1.807, 2.05) is 13.8 Å². The van der Waals surface area contributed by atoms with Gasteiger partial charge >= 0.3 is 0 Å². The van der Waals surface area contributed by atoms with Gasteiger partial charge in [-0.1, -0.05) is 25.4 Å². The topological polar surface area (TPSA) is 98.9 Å². The normalized spacial score (nSPS) is 13.4. The standard InChI is InChI=1S/C18H22ClN5O2/c1-10(2)8-21-17(25)12-4-3-11(7-14(12)19)22-18(26)16-13-9-20-6-5-15(13)23-24-16/h3-4,7,10,20H,5-6,8-9H2,1-2H3,(H,21,25)(H,22,26)(H,23,24). The third-order valence-corrected chi connectivity index (χ3v) is 4.48. The van der Waals surface area contributed by atoms with E-state index in [1.165, 1.54) is 0 Å². The van der Waals surface area contributed by atoms with Crippen molar-refractivity contribution < 1.29 is 9.59 Å². The molecule has 8 heteroatoms. The molecule has 2 heterocycles. The van der Waals surface area contributed by atoms with Crippen LogP contribution in [0.2, 0.25) is 5.02 Å². The molecule has 0 fully saturated rings. The average Bonchev–Trinajstić information content (AvgIpc) is 3.04. The highest BCUT2D eigenvalue weighted by Crippen LogP contribution is 2.22. The zero-order valence-electron chi connectivity index (χ0n) is 14.8. The lowest BCUT2D eigenvalue weighted by Gasteiger charge is -2.13. The molecular formula is C18H22ClN5O2. The molecule has 1 aliphatic heterocycles. The summed E-state index contributed by atoms with van der Waals surface area (Å²) in [5.74, 6) is -0.182. The van der Waals surface area contributed by atoms with E-state index in [-0.39, 0.29) is 16.8 Å². The quantitative estimate of drug-likeness (QED) is 0.644. The van der Waals surface area contributed by atoms with Gasteiger partial charge in [-0.25, -0.2) is 0 Å². The molecule has 26 heavy (non-hydrogen) atoms. The number of carbonyl (C=O) groups is 2. The first-order valence-corrected chi connectivity index (χ1v) is 8.99. The molecule has 4 N–H and O–H groups in total. The Kier molecular flexibility index (Phi) is 5.58. The van der Waals surface area contributed by atoms with Crippen molar-refractivity contribution in [3.05, 3.63) is 45.7 Å². The SMILES string of the molecule is CC(C)CNC(=O)c1ccc(NC(=O)c2n[nH]c3c2CNCC3)cc1Cl. The Labute approximate surface area is 156 Å². The maximum Gasteiger partial charge on any atom is 0.276 e. The van der Waals surface area contributed by atoms with Crippen molar-refractivity contribution in [1.82, 2.24) is 20.8 Å². The zero-order valence-corrected chi connectivity index (χ0v) is 15.5. The summed E-state index contributed by atoms with van der Waals surface area (Å²) >= 11 is 6.22. The summed E-state index contributed by atoms with van der Waals surface area (Å²) in [6.07, 6.45) is 0.821. The summed E-state index contributed by atoms with van der Waals surface area (Å²) in [7, 11) is 0. The van der Waals surface area contributed by atoms with Gasteiger partial charge in [0.15, 0.2) is 5.69 Å². The first-order chi connectivity index (χ1) is 12.5. The molecule has 2 aromatic rings. The van der Waals surface area contributed by atoms with Crippen LogP contribution in [0.15, 0.2) is 18.2 Å². The first-order valence-electron chi connectivity index (χ1n) is 8.61. The fourth-order valence-electron chi connectivity index (χ4n) is 2.77. The number of aromatic nitrogens is 2. The molecule has 0 unspecified atom stereocenters. The molecule has 0 radical (unpaired) electrons. The van der Waals surface area contributed by atoms with Crippen LogP contribution < -0.4 is 16.0 Å². The Morgan fingerprint density at radius 1 is 1.31 bits per heavy atom. The molecule has 1 aromatic carbocycles. The van der Waals surface area contributed by atoms with Crippen molar-refractivity contribution in [3.63, 3.8) is 0 Å². The van der Waals surface area contributed by atoms with Crippen molar-refractivity contribution in [2.45, 2.75) is 26.8 Å². The van der Waals surface area contributed by atoms with Crippen molar-refractivity contribution in [2.24, 2.45) is 5.92 Å². The molecule has 7 nitrogen and oxygen atoms in total. The Bertz CT molecular complexity index is 831. The molecule has 0 spiro atoms. The molecule has 0 aliphatic carbocycles. The third kappa shape index (κ3) is 4.05. The summed E-state index contributed by atoms with van der Waals surface area (Å²) in [6.45, 7) is 6.09. The van der Waals surface area contributed by atoms with Crippen LogP contribution in [-0.4, -0.2) is 35.1 Å². The molecule has 0 saturated heterocycles. The Balaban J connectivity index is 1.70. The van der Waals surface area contributed by atoms with Gasteiger partial charge in [-0.2, -0.15) is 5.10 Å². The van der Waals surface area contributed by atoms with E-state index in [4.69, 9.17) is 11.6 Å². The second kappa shape index (κ2) is 7.88. The van der Waals surface area contributed by atoms with Gasteiger partial charge in [-0.05, 0) is 24.1 Å². The number of fused-ring (bicyclic) bond motifs is 1. The molecule has 0 bridgehead atoms. The lowest BCUT2D eigenvalue weighted by atomic mass is 10.1. The lowest BCUT2D eigenvalue weighted by Crippen LogP contribution is -2.27. The minimum atomic E-state index is -0.306. The van der Waals surface area contributed by atoms with Gasteiger partial charge < -0.3 is 16.0 Å². The number of H-pyrrole nitrogens is 1. The van der Waals surface area contributed by atoms with E-state index in [2.05, 4.69) is 26.1 Å². The summed E-state index contributed by atoms with van der Waals surface area (Å²) < 4.78 is 0. The predicted molar refractivity (Wildman–Crippen MR) is 101 cm³/mol. The Hall–Kier alpha value is -2.38. The van der Waals surface area contributed by atoms with Crippen LogP contribution in [0.4, 0.5) is 5.69 Å². The van der Waals surface area contributed by atoms with Crippen molar-refractivity contribution in [1.29, 1.82) is 0 Å². The molecule has 138 valence electrons. The zero-order chi connectivity index (χ0) is 18.7. The minimum Gasteiger partial charge on any atom is -0.352 e. The van der Waals surface area contributed by atoms with Crippen LogP contribution >= 0.6 is 11.6 Å². The number of anilines is 1. The van der Waals surface area contributed by atoms with E-state index in [1.54, 1.807) is 18.2 Å². The van der Waals surface area contributed by atoms with Gasteiger partial charge in [0.25, 0.3) is 11.8 Å². The highest BCUT2D eigenvalue weighted by atomic mass is 35.5. The average molecular weight is 376 g/mol. The van der Waals surface area contributed by atoms with Crippen LogP contribution in [0.5, 0.6) is 0 Å². The summed E-state index contributed by atoms with van der Waals surface area (Å²) in [6, 6.07) is 4.84. The fraction of sp³-hybridized carbons (Fsp3) is 0.389.